The molecular weight excluding hydrogens is 280 g/mol. The Morgan fingerprint density at radius 1 is 0.864 bits per heavy atom. The molecule has 0 aromatic heterocycles. The molecule has 1 aliphatic carbocycles. The van der Waals surface area contributed by atoms with E-state index in [1.54, 1.807) is 10.8 Å². The topological polar surface area (TPSA) is 0 Å². The van der Waals surface area contributed by atoms with Gasteiger partial charge in [-0.2, -0.15) is 0 Å². The monoisotopic (exact) mass is 306 g/mol. The number of allylic oxidation sites excluding steroid dienone is 1. The molecule has 1 atom stereocenters. The predicted octanol–water partition coefficient (Wildman–Crippen LogP) is 6.29. The van der Waals surface area contributed by atoms with E-state index >= 15 is 0 Å². The molecule has 114 valence electrons. The Bertz CT molecular complexity index is 647. The standard InChI is InChI=1S/C21H26Si/c1-22(2,3)21(18-12-8-5-9-13-18)20-15-14-19(16-20)17-10-6-4-7-11-17/h4-13,19H,14-16H2,1-3H3/b21-20-. The van der Waals surface area contributed by atoms with Crippen molar-refractivity contribution in [1.82, 2.24) is 0 Å². The second-order valence-electron chi connectivity index (χ2n) is 7.44. The average Bonchev–Trinajstić information content (AvgIpc) is 2.97. The van der Waals surface area contributed by atoms with E-state index in [-0.39, 0.29) is 0 Å². The number of hydrogen-bond donors (Lipinski definition) is 0. The maximum Gasteiger partial charge on any atom is 0.0783 e. The molecule has 0 nitrogen and oxygen atoms in total. The lowest BCUT2D eigenvalue weighted by molar-refractivity contribution is 0.730. The third-order valence-corrected chi connectivity index (χ3v) is 6.87. The van der Waals surface area contributed by atoms with Crippen LogP contribution >= 0.6 is 0 Å². The van der Waals surface area contributed by atoms with E-state index in [0.717, 1.165) is 0 Å². The summed E-state index contributed by atoms with van der Waals surface area (Å²) in [5.41, 5.74) is 4.70. The smallest absolute Gasteiger partial charge is 0.0697 e. The molecule has 0 N–H and O–H groups in total. The quantitative estimate of drug-likeness (QED) is 0.585. The van der Waals surface area contributed by atoms with Crippen molar-refractivity contribution in [2.75, 3.05) is 0 Å². The van der Waals surface area contributed by atoms with Gasteiger partial charge in [0.2, 0.25) is 0 Å². The van der Waals surface area contributed by atoms with E-state index in [1.807, 2.05) is 0 Å². The highest BCUT2D eigenvalue weighted by Gasteiger charge is 2.29. The zero-order chi connectivity index (χ0) is 15.6. The molecule has 0 aliphatic heterocycles. The fourth-order valence-corrected chi connectivity index (χ4v) is 6.18. The minimum Gasteiger partial charge on any atom is -0.0697 e. The SMILES string of the molecule is C[Si](C)(C)/C(=C1/CCC(c2ccccc2)C1)c1ccccc1. The summed E-state index contributed by atoms with van der Waals surface area (Å²) in [6.07, 6.45) is 3.83. The van der Waals surface area contributed by atoms with Crippen molar-refractivity contribution in [2.45, 2.75) is 44.8 Å². The number of benzene rings is 2. The largest absolute Gasteiger partial charge is 0.0783 e. The van der Waals surface area contributed by atoms with Crippen LogP contribution in [-0.4, -0.2) is 8.07 Å². The molecule has 0 spiro atoms. The van der Waals surface area contributed by atoms with Crippen molar-refractivity contribution in [3.05, 3.63) is 77.4 Å². The Hall–Kier alpha value is -1.60. The van der Waals surface area contributed by atoms with E-state index in [2.05, 4.69) is 80.3 Å². The molecule has 2 aromatic carbocycles. The molecule has 1 unspecified atom stereocenters. The fraction of sp³-hybridized carbons (Fsp3) is 0.333. The van der Waals surface area contributed by atoms with Gasteiger partial charge in [0, 0.05) is 0 Å². The van der Waals surface area contributed by atoms with Gasteiger partial charge in [-0.25, -0.2) is 0 Å². The van der Waals surface area contributed by atoms with Crippen LogP contribution in [0, 0.1) is 0 Å². The van der Waals surface area contributed by atoms with E-state index in [1.165, 1.54) is 30.4 Å². The highest BCUT2D eigenvalue weighted by molar-refractivity contribution is 6.93. The van der Waals surface area contributed by atoms with Crippen molar-refractivity contribution in [3.63, 3.8) is 0 Å². The van der Waals surface area contributed by atoms with Gasteiger partial charge >= 0.3 is 0 Å². The third-order valence-electron chi connectivity index (χ3n) is 4.72. The van der Waals surface area contributed by atoms with E-state index in [4.69, 9.17) is 0 Å². The molecular formula is C21H26Si. The highest BCUT2D eigenvalue weighted by Crippen LogP contribution is 2.43. The van der Waals surface area contributed by atoms with Crippen LogP contribution < -0.4 is 0 Å². The van der Waals surface area contributed by atoms with E-state index < -0.39 is 8.07 Å². The van der Waals surface area contributed by atoms with Crippen LogP contribution in [0.5, 0.6) is 0 Å². The van der Waals surface area contributed by atoms with Gasteiger partial charge < -0.3 is 0 Å². The number of hydrogen-bond acceptors (Lipinski definition) is 0. The van der Waals surface area contributed by atoms with Gasteiger partial charge in [-0.15, -0.1) is 0 Å². The molecule has 0 bridgehead atoms. The van der Waals surface area contributed by atoms with Gasteiger partial charge in [0.15, 0.2) is 0 Å². The van der Waals surface area contributed by atoms with E-state index in [0.29, 0.717) is 5.92 Å². The molecule has 0 heterocycles. The van der Waals surface area contributed by atoms with Crippen molar-refractivity contribution in [3.8, 4) is 0 Å². The Morgan fingerprint density at radius 2 is 1.45 bits per heavy atom. The zero-order valence-corrected chi connectivity index (χ0v) is 15.0. The van der Waals surface area contributed by atoms with Crippen LogP contribution in [0.3, 0.4) is 0 Å². The van der Waals surface area contributed by atoms with Crippen LogP contribution in [0.25, 0.3) is 5.20 Å². The number of rotatable bonds is 3. The Balaban J connectivity index is 1.96. The molecule has 22 heavy (non-hydrogen) atoms. The third kappa shape index (κ3) is 3.25. The molecule has 1 saturated carbocycles. The second-order valence-corrected chi connectivity index (χ2v) is 12.4. The summed E-state index contributed by atoms with van der Waals surface area (Å²) in [6, 6.07) is 22.1. The van der Waals surface area contributed by atoms with Gasteiger partial charge in [-0.3, -0.25) is 0 Å². The molecule has 1 aliphatic rings. The van der Waals surface area contributed by atoms with Gasteiger partial charge in [0.05, 0.1) is 8.07 Å². The molecule has 0 amide bonds. The maximum absolute atomic E-state index is 2.48. The van der Waals surface area contributed by atoms with Crippen molar-refractivity contribution in [1.29, 1.82) is 0 Å². The highest BCUT2D eigenvalue weighted by atomic mass is 28.3. The Kier molecular flexibility index (Phi) is 4.35. The summed E-state index contributed by atoms with van der Waals surface area (Å²) in [4.78, 5) is 0. The zero-order valence-electron chi connectivity index (χ0n) is 14.0. The minimum absolute atomic E-state index is 0.714. The summed E-state index contributed by atoms with van der Waals surface area (Å²) in [5, 5.41) is 1.70. The van der Waals surface area contributed by atoms with Gasteiger partial charge in [0.25, 0.3) is 0 Å². The normalized spacial score (nSPS) is 21.0. The molecule has 0 radical (unpaired) electrons. The maximum atomic E-state index is 2.48. The molecule has 1 fully saturated rings. The van der Waals surface area contributed by atoms with Gasteiger partial charge in [0.1, 0.15) is 0 Å². The van der Waals surface area contributed by atoms with Crippen LogP contribution in [0.2, 0.25) is 19.6 Å². The first-order valence-corrected chi connectivity index (χ1v) is 11.9. The summed E-state index contributed by atoms with van der Waals surface area (Å²) in [7, 11) is -1.34. The second kappa shape index (κ2) is 6.25. The van der Waals surface area contributed by atoms with Gasteiger partial charge in [-0.05, 0) is 36.3 Å². The lowest BCUT2D eigenvalue weighted by atomic mass is 9.97. The van der Waals surface area contributed by atoms with Crippen LogP contribution in [0.4, 0.5) is 0 Å². The van der Waals surface area contributed by atoms with Crippen LogP contribution in [0.1, 0.15) is 36.3 Å². The molecule has 1 heteroatoms. The summed E-state index contributed by atoms with van der Waals surface area (Å²) < 4.78 is 0. The lowest BCUT2D eigenvalue weighted by Crippen LogP contribution is -2.24. The van der Waals surface area contributed by atoms with E-state index in [9.17, 15) is 0 Å². The van der Waals surface area contributed by atoms with Crippen molar-refractivity contribution >= 4 is 13.3 Å². The minimum atomic E-state index is -1.34. The fourth-order valence-electron chi connectivity index (χ4n) is 3.86. The Labute approximate surface area is 135 Å². The average molecular weight is 307 g/mol. The first-order valence-electron chi connectivity index (χ1n) is 8.38. The Morgan fingerprint density at radius 3 is 2.05 bits per heavy atom. The van der Waals surface area contributed by atoms with Crippen LogP contribution in [-0.2, 0) is 0 Å². The lowest BCUT2D eigenvalue weighted by Gasteiger charge is -2.25. The molecule has 0 saturated heterocycles. The molecule has 3 rings (SSSR count). The summed E-state index contributed by atoms with van der Waals surface area (Å²) >= 11 is 0. The predicted molar refractivity (Wildman–Crippen MR) is 99.7 cm³/mol. The van der Waals surface area contributed by atoms with Crippen molar-refractivity contribution < 1.29 is 0 Å². The summed E-state index contributed by atoms with van der Waals surface area (Å²) in [5.74, 6) is 0.714. The van der Waals surface area contributed by atoms with Crippen molar-refractivity contribution in [2.24, 2.45) is 0 Å². The first-order chi connectivity index (χ1) is 10.6. The van der Waals surface area contributed by atoms with Crippen LogP contribution in [0.15, 0.2) is 66.2 Å². The summed E-state index contributed by atoms with van der Waals surface area (Å²) in [6.45, 7) is 7.45. The molecule has 2 aromatic rings. The van der Waals surface area contributed by atoms with Gasteiger partial charge in [-0.1, -0.05) is 91.1 Å². The first kappa shape index (κ1) is 15.3.